The van der Waals surface area contributed by atoms with E-state index in [-0.39, 0.29) is 18.5 Å². The zero-order chi connectivity index (χ0) is 14.6. The highest BCUT2D eigenvalue weighted by atomic mass is 19.3. The Morgan fingerprint density at radius 3 is 2.75 bits per heavy atom. The third-order valence-electron chi connectivity index (χ3n) is 4.26. The van der Waals surface area contributed by atoms with E-state index >= 15 is 0 Å². The molecule has 1 N–H and O–H groups in total. The summed E-state index contributed by atoms with van der Waals surface area (Å²) >= 11 is 0. The van der Waals surface area contributed by atoms with Gasteiger partial charge in [-0.25, -0.2) is 8.78 Å². The molecule has 0 spiro atoms. The Morgan fingerprint density at radius 1 is 1.40 bits per heavy atom. The average molecular weight is 291 g/mol. The highest BCUT2D eigenvalue weighted by Crippen LogP contribution is 2.41. The first-order chi connectivity index (χ1) is 9.58. The molecule has 0 aromatic carbocycles. The van der Waals surface area contributed by atoms with Crippen molar-refractivity contribution in [3.05, 3.63) is 0 Å². The number of ether oxygens (including phenoxy) is 2. The lowest BCUT2D eigenvalue weighted by Gasteiger charge is -2.34. The van der Waals surface area contributed by atoms with Gasteiger partial charge in [-0.1, -0.05) is 6.42 Å². The van der Waals surface area contributed by atoms with Crippen molar-refractivity contribution in [2.45, 2.75) is 56.5 Å². The Hall–Kier alpha value is -0.750. The molecule has 0 aromatic heterocycles. The third-order valence-corrected chi connectivity index (χ3v) is 4.26. The molecule has 2 unspecified atom stereocenters. The van der Waals surface area contributed by atoms with Crippen LogP contribution >= 0.6 is 0 Å². The SMILES string of the molecule is COC(=O)C1(NC2CC2)CCCC1CCOCC(F)F. The van der Waals surface area contributed by atoms with Crippen molar-refractivity contribution in [2.75, 3.05) is 20.3 Å². The first-order valence-corrected chi connectivity index (χ1v) is 7.30. The van der Waals surface area contributed by atoms with Crippen LogP contribution in [0.1, 0.15) is 38.5 Å². The number of alkyl halides is 2. The Bertz CT molecular complexity index is 336. The fourth-order valence-corrected chi connectivity index (χ4v) is 3.16. The van der Waals surface area contributed by atoms with Gasteiger partial charge in [-0.05, 0) is 38.0 Å². The molecule has 0 heterocycles. The standard InChI is InChI=1S/C14H23F2NO3/c1-19-13(18)14(17-11-4-5-11)7-2-3-10(14)6-8-20-9-12(15)16/h10-12,17H,2-9H2,1H3. The van der Waals surface area contributed by atoms with Gasteiger partial charge < -0.3 is 9.47 Å². The van der Waals surface area contributed by atoms with Crippen molar-refractivity contribution in [2.24, 2.45) is 5.92 Å². The molecule has 2 rings (SSSR count). The molecule has 116 valence electrons. The molecular formula is C14H23F2NO3. The lowest BCUT2D eigenvalue weighted by molar-refractivity contribution is -0.151. The fourth-order valence-electron chi connectivity index (χ4n) is 3.16. The number of nitrogens with one attached hydrogen (secondary N) is 1. The van der Waals surface area contributed by atoms with Gasteiger partial charge in [0.25, 0.3) is 6.43 Å². The molecule has 2 atom stereocenters. The van der Waals surface area contributed by atoms with E-state index in [1.54, 1.807) is 0 Å². The second-order valence-corrected chi connectivity index (χ2v) is 5.73. The first-order valence-electron chi connectivity index (χ1n) is 7.30. The van der Waals surface area contributed by atoms with E-state index in [4.69, 9.17) is 9.47 Å². The molecule has 2 saturated carbocycles. The number of carbonyl (C=O) groups is 1. The summed E-state index contributed by atoms with van der Waals surface area (Å²) in [5.41, 5.74) is -0.635. The number of rotatable bonds is 8. The van der Waals surface area contributed by atoms with Crippen LogP contribution in [0.3, 0.4) is 0 Å². The Labute approximate surface area is 118 Å². The second kappa shape index (κ2) is 6.80. The number of esters is 1. The van der Waals surface area contributed by atoms with Crippen LogP contribution in [0.2, 0.25) is 0 Å². The van der Waals surface area contributed by atoms with E-state index in [2.05, 4.69) is 5.32 Å². The quantitative estimate of drug-likeness (QED) is 0.550. The molecule has 2 aliphatic carbocycles. The lowest BCUT2D eigenvalue weighted by Crippen LogP contribution is -2.56. The molecule has 0 bridgehead atoms. The molecule has 2 fully saturated rings. The van der Waals surface area contributed by atoms with Gasteiger partial charge in [-0.3, -0.25) is 10.1 Å². The van der Waals surface area contributed by atoms with Gasteiger partial charge in [-0.2, -0.15) is 0 Å². The number of halogens is 2. The summed E-state index contributed by atoms with van der Waals surface area (Å²) in [6.45, 7) is -0.270. The Balaban J connectivity index is 1.91. The Morgan fingerprint density at radius 2 is 2.15 bits per heavy atom. The van der Waals surface area contributed by atoms with Gasteiger partial charge in [0.2, 0.25) is 0 Å². The molecule has 20 heavy (non-hydrogen) atoms. The van der Waals surface area contributed by atoms with Crippen molar-refractivity contribution in [3.8, 4) is 0 Å². The molecule has 6 heteroatoms. The summed E-state index contributed by atoms with van der Waals surface area (Å²) in [6.07, 6.45) is 2.98. The minimum Gasteiger partial charge on any atom is -0.468 e. The van der Waals surface area contributed by atoms with E-state index in [0.29, 0.717) is 12.5 Å². The summed E-state index contributed by atoms with van der Waals surface area (Å²) in [7, 11) is 1.40. The summed E-state index contributed by atoms with van der Waals surface area (Å²) in [5, 5.41) is 3.44. The molecule has 4 nitrogen and oxygen atoms in total. The largest absolute Gasteiger partial charge is 0.468 e. The van der Waals surface area contributed by atoms with Crippen LogP contribution in [0.15, 0.2) is 0 Å². The van der Waals surface area contributed by atoms with Gasteiger partial charge in [0, 0.05) is 12.6 Å². The van der Waals surface area contributed by atoms with Crippen molar-refractivity contribution < 1.29 is 23.0 Å². The summed E-state index contributed by atoms with van der Waals surface area (Å²) < 4.78 is 34.0. The molecule has 0 radical (unpaired) electrons. The van der Waals surface area contributed by atoms with E-state index in [1.165, 1.54) is 7.11 Å². The monoisotopic (exact) mass is 291 g/mol. The van der Waals surface area contributed by atoms with Crippen LogP contribution in [0.25, 0.3) is 0 Å². The Kier molecular flexibility index (Phi) is 5.32. The summed E-state index contributed by atoms with van der Waals surface area (Å²) in [5.74, 6) is -0.117. The van der Waals surface area contributed by atoms with Crippen LogP contribution in [-0.4, -0.2) is 44.3 Å². The maximum absolute atomic E-state index is 12.2. The fraction of sp³-hybridized carbons (Fsp3) is 0.929. The van der Waals surface area contributed by atoms with Crippen molar-refractivity contribution in [1.82, 2.24) is 5.32 Å². The van der Waals surface area contributed by atoms with E-state index < -0.39 is 18.6 Å². The predicted molar refractivity (Wildman–Crippen MR) is 69.7 cm³/mol. The molecule has 0 aromatic rings. The number of hydrogen-bond acceptors (Lipinski definition) is 4. The van der Waals surface area contributed by atoms with E-state index in [9.17, 15) is 13.6 Å². The van der Waals surface area contributed by atoms with Crippen LogP contribution < -0.4 is 5.32 Å². The highest BCUT2D eigenvalue weighted by Gasteiger charge is 2.51. The summed E-state index contributed by atoms with van der Waals surface area (Å²) in [4.78, 5) is 12.2. The molecule has 0 amide bonds. The van der Waals surface area contributed by atoms with E-state index in [1.807, 2.05) is 0 Å². The van der Waals surface area contributed by atoms with Crippen LogP contribution in [0.5, 0.6) is 0 Å². The third kappa shape index (κ3) is 3.67. The van der Waals surface area contributed by atoms with Crippen LogP contribution in [0.4, 0.5) is 8.78 Å². The minimum atomic E-state index is -2.44. The zero-order valence-corrected chi connectivity index (χ0v) is 11.9. The average Bonchev–Trinajstić information content (AvgIpc) is 3.13. The van der Waals surface area contributed by atoms with Gasteiger partial charge in [-0.15, -0.1) is 0 Å². The van der Waals surface area contributed by atoms with Crippen molar-refractivity contribution in [1.29, 1.82) is 0 Å². The molecule has 2 aliphatic rings. The van der Waals surface area contributed by atoms with Crippen molar-refractivity contribution >= 4 is 5.97 Å². The van der Waals surface area contributed by atoms with Gasteiger partial charge in [0.05, 0.1) is 7.11 Å². The van der Waals surface area contributed by atoms with Gasteiger partial charge in [0.1, 0.15) is 12.1 Å². The maximum Gasteiger partial charge on any atom is 0.326 e. The van der Waals surface area contributed by atoms with E-state index in [0.717, 1.165) is 32.1 Å². The molecular weight excluding hydrogens is 268 g/mol. The van der Waals surface area contributed by atoms with Crippen LogP contribution in [0, 0.1) is 5.92 Å². The highest BCUT2D eigenvalue weighted by molar-refractivity contribution is 5.81. The lowest BCUT2D eigenvalue weighted by atomic mass is 9.84. The smallest absolute Gasteiger partial charge is 0.326 e. The molecule has 0 saturated heterocycles. The van der Waals surface area contributed by atoms with Gasteiger partial charge >= 0.3 is 5.97 Å². The zero-order valence-electron chi connectivity index (χ0n) is 11.9. The normalized spacial score (nSPS) is 29.9. The topological polar surface area (TPSA) is 47.6 Å². The molecule has 0 aliphatic heterocycles. The number of methoxy groups -OCH3 is 1. The second-order valence-electron chi connectivity index (χ2n) is 5.73. The predicted octanol–water partition coefficient (Wildman–Crippen LogP) is 2.12. The van der Waals surface area contributed by atoms with Crippen molar-refractivity contribution in [3.63, 3.8) is 0 Å². The first kappa shape index (κ1) is 15.6. The van der Waals surface area contributed by atoms with Crippen LogP contribution in [-0.2, 0) is 14.3 Å². The van der Waals surface area contributed by atoms with Gasteiger partial charge in [0.15, 0.2) is 0 Å². The minimum absolute atomic E-state index is 0.105. The summed E-state index contributed by atoms with van der Waals surface area (Å²) in [6, 6.07) is 0.400. The number of carbonyl (C=O) groups excluding carboxylic acids is 1. The number of hydrogen-bond donors (Lipinski definition) is 1. The maximum atomic E-state index is 12.2.